The number of thiophene rings is 1. The van der Waals surface area contributed by atoms with Crippen molar-refractivity contribution < 1.29 is 0 Å². The first-order valence-corrected chi connectivity index (χ1v) is 12.1. The van der Waals surface area contributed by atoms with Gasteiger partial charge in [-0.25, -0.2) is 4.98 Å². The largest absolute Gasteiger partial charge is 0.268 e. The van der Waals surface area contributed by atoms with Crippen LogP contribution in [0.2, 0.25) is 0 Å². The van der Waals surface area contributed by atoms with Gasteiger partial charge in [0.2, 0.25) is 0 Å². The molecule has 136 valence electrons. The normalized spacial score (nSPS) is 13.9. The fourth-order valence-corrected chi connectivity index (χ4v) is 6.39. The van der Waals surface area contributed by atoms with Gasteiger partial charge in [0.1, 0.15) is 4.83 Å². The zero-order valence-corrected chi connectivity index (χ0v) is 17.5. The number of aromatic nitrogens is 2. The smallest absolute Gasteiger partial charge is 0.267 e. The van der Waals surface area contributed by atoms with Crippen LogP contribution in [0.5, 0.6) is 0 Å². The number of thioether (sulfide) groups is 2. The van der Waals surface area contributed by atoms with Crippen LogP contribution in [0.3, 0.4) is 0 Å². The van der Waals surface area contributed by atoms with Gasteiger partial charge in [-0.05, 0) is 56.6 Å². The Morgan fingerprint density at radius 3 is 2.69 bits per heavy atom. The first-order chi connectivity index (χ1) is 12.7. The molecule has 0 saturated heterocycles. The number of benzene rings is 1. The van der Waals surface area contributed by atoms with Crippen LogP contribution in [0.4, 0.5) is 0 Å². The second kappa shape index (κ2) is 7.79. The maximum Gasteiger partial charge on any atom is 0.267 e. The standard InChI is InChI=1S/C20H22N2OS3/c1-13-7-9-14(10-8-13)22-19(23)17-15-5-3-4-6-16(15)26-18(17)21-20(22)25-12-11-24-2/h7-10H,3-6,11-12H2,1-2H3. The molecule has 0 spiro atoms. The van der Waals surface area contributed by atoms with Gasteiger partial charge in [-0.3, -0.25) is 9.36 Å². The molecule has 4 rings (SSSR count). The molecular weight excluding hydrogens is 380 g/mol. The van der Waals surface area contributed by atoms with Crippen molar-refractivity contribution in [3.8, 4) is 5.69 Å². The van der Waals surface area contributed by atoms with E-state index in [1.165, 1.54) is 28.8 Å². The molecule has 0 unspecified atom stereocenters. The van der Waals surface area contributed by atoms with Gasteiger partial charge in [-0.2, -0.15) is 11.8 Å². The Kier molecular flexibility index (Phi) is 5.43. The summed E-state index contributed by atoms with van der Waals surface area (Å²) in [6.45, 7) is 2.07. The molecule has 1 aliphatic carbocycles. The molecule has 0 atom stereocenters. The summed E-state index contributed by atoms with van der Waals surface area (Å²) in [5.41, 5.74) is 3.47. The Bertz CT molecular complexity index is 989. The van der Waals surface area contributed by atoms with Gasteiger partial charge in [-0.15, -0.1) is 11.3 Å². The van der Waals surface area contributed by atoms with Crippen molar-refractivity contribution in [2.45, 2.75) is 37.8 Å². The summed E-state index contributed by atoms with van der Waals surface area (Å²) < 4.78 is 1.83. The van der Waals surface area contributed by atoms with Crippen molar-refractivity contribution in [2.75, 3.05) is 17.8 Å². The van der Waals surface area contributed by atoms with Crippen molar-refractivity contribution in [3.05, 3.63) is 50.6 Å². The molecule has 1 aliphatic rings. The number of fused-ring (bicyclic) bond motifs is 3. The lowest BCUT2D eigenvalue weighted by molar-refractivity contribution is 0.699. The maximum atomic E-state index is 13.5. The second-order valence-corrected chi connectivity index (χ2v) is 9.73. The van der Waals surface area contributed by atoms with Gasteiger partial charge in [0.15, 0.2) is 5.16 Å². The van der Waals surface area contributed by atoms with E-state index in [0.29, 0.717) is 0 Å². The molecule has 1 aromatic carbocycles. The highest BCUT2D eigenvalue weighted by Gasteiger charge is 2.22. The third-order valence-corrected chi connectivity index (χ3v) is 7.77. The lowest BCUT2D eigenvalue weighted by atomic mass is 9.97. The summed E-state index contributed by atoms with van der Waals surface area (Å²) in [5, 5.41) is 1.68. The Balaban J connectivity index is 1.93. The third kappa shape index (κ3) is 3.35. The van der Waals surface area contributed by atoms with E-state index in [4.69, 9.17) is 4.98 Å². The molecule has 3 aromatic rings. The predicted molar refractivity (Wildman–Crippen MR) is 116 cm³/mol. The fourth-order valence-electron chi connectivity index (χ4n) is 3.42. The van der Waals surface area contributed by atoms with Crippen molar-refractivity contribution in [1.29, 1.82) is 0 Å². The van der Waals surface area contributed by atoms with Crippen molar-refractivity contribution in [2.24, 2.45) is 0 Å². The molecule has 0 fully saturated rings. The first-order valence-electron chi connectivity index (χ1n) is 8.95. The topological polar surface area (TPSA) is 34.9 Å². The average molecular weight is 403 g/mol. The highest BCUT2D eigenvalue weighted by atomic mass is 32.2. The number of hydrogen-bond acceptors (Lipinski definition) is 5. The summed E-state index contributed by atoms with van der Waals surface area (Å²) in [4.78, 5) is 20.8. The summed E-state index contributed by atoms with van der Waals surface area (Å²) in [6.07, 6.45) is 6.61. The van der Waals surface area contributed by atoms with Crippen LogP contribution in [-0.2, 0) is 12.8 Å². The Morgan fingerprint density at radius 2 is 1.92 bits per heavy atom. The Hall–Kier alpha value is -1.24. The van der Waals surface area contributed by atoms with Gasteiger partial charge in [0.25, 0.3) is 5.56 Å². The van der Waals surface area contributed by atoms with Crippen molar-refractivity contribution in [1.82, 2.24) is 9.55 Å². The van der Waals surface area contributed by atoms with E-state index in [9.17, 15) is 4.79 Å². The summed E-state index contributed by atoms with van der Waals surface area (Å²) in [6, 6.07) is 8.18. The molecule has 0 amide bonds. The average Bonchev–Trinajstić information content (AvgIpc) is 3.02. The molecule has 2 heterocycles. The molecule has 0 N–H and O–H groups in total. The lowest BCUT2D eigenvalue weighted by Gasteiger charge is -2.13. The van der Waals surface area contributed by atoms with Crippen LogP contribution in [0, 0.1) is 6.92 Å². The minimum absolute atomic E-state index is 0.102. The van der Waals surface area contributed by atoms with Gasteiger partial charge >= 0.3 is 0 Å². The minimum atomic E-state index is 0.102. The number of aryl methyl sites for hydroxylation is 3. The Morgan fingerprint density at radius 1 is 1.15 bits per heavy atom. The number of rotatable bonds is 5. The summed E-state index contributed by atoms with van der Waals surface area (Å²) in [7, 11) is 0. The van der Waals surface area contributed by atoms with E-state index in [2.05, 4.69) is 25.3 Å². The molecule has 0 bridgehead atoms. The fraction of sp³-hybridized carbons (Fsp3) is 0.400. The molecule has 0 aliphatic heterocycles. The van der Waals surface area contributed by atoms with Crippen molar-refractivity contribution in [3.63, 3.8) is 0 Å². The molecular formula is C20H22N2OS3. The third-order valence-electron chi connectivity index (χ3n) is 4.77. The molecule has 26 heavy (non-hydrogen) atoms. The van der Waals surface area contributed by atoms with Crippen LogP contribution in [0.15, 0.2) is 34.2 Å². The molecule has 2 aromatic heterocycles. The minimum Gasteiger partial charge on any atom is -0.268 e. The molecule has 0 saturated carbocycles. The van der Waals surface area contributed by atoms with E-state index in [1.807, 2.05) is 28.5 Å². The summed E-state index contributed by atoms with van der Waals surface area (Å²) >= 11 is 5.23. The molecule has 0 radical (unpaired) electrons. The SMILES string of the molecule is CSCCSc1nc2sc3c(c2c(=O)n1-c1ccc(C)cc1)CCCC3. The molecule has 6 heteroatoms. The highest BCUT2D eigenvalue weighted by molar-refractivity contribution is 8.02. The number of hydrogen-bond donors (Lipinski definition) is 0. The zero-order valence-electron chi connectivity index (χ0n) is 15.1. The highest BCUT2D eigenvalue weighted by Crippen LogP contribution is 2.35. The lowest BCUT2D eigenvalue weighted by Crippen LogP contribution is -2.22. The van der Waals surface area contributed by atoms with Crippen LogP contribution >= 0.6 is 34.9 Å². The van der Waals surface area contributed by atoms with E-state index in [-0.39, 0.29) is 5.56 Å². The van der Waals surface area contributed by atoms with Crippen molar-refractivity contribution >= 4 is 45.1 Å². The van der Waals surface area contributed by atoms with Crippen LogP contribution in [0.25, 0.3) is 15.9 Å². The van der Waals surface area contributed by atoms with Gasteiger partial charge in [0.05, 0.1) is 11.1 Å². The molecule has 3 nitrogen and oxygen atoms in total. The first kappa shape index (κ1) is 18.1. The quantitative estimate of drug-likeness (QED) is 0.338. The second-order valence-electron chi connectivity index (χ2n) is 6.60. The van der Waals surface area contributed by atoms with E-state index in [0.717, 1.165) is 45.4 Å². The van der Waals surface area contributed by atoms with Gasteiger partial charge in [0, 0.05) is 16.4 Å². The zero-order chi connectivity index (χ0) is 18.1. The van der Waals surface area contributed by atoms with Gasteiger partial charge < -0.3 is 0 Å². The van der Waals surface area contributed by atoms with Crippen LogP contribution < -0.4 is 5.56 Å². The van der Waals surface area contributed by atoms with Crippen LogP contribution in [0.1, 0.15) is 28.8 Å². The van der Waals surface area contributed by atoms with E-state index in [1.54, 1.807) is 23.1 Å². The van der Waals surface area contributed by atoms with Gasteiger partial charge in [-0.1, -0.05) is 29.5 Å². The monoisotopic (exact) mass is 402 g/mol. The number of nitrogens with zero attached hydrogens (tertiary/aromatic N) is 2. The predicted octanol–water partition coefficient (Wildman–Crippen LogP) is 5.09. The van der Waals surface area contributed by atoms with Crippen LogP contribution in [-0.4, -0.2) is 27.3 Å². The van der Waals surface area contributed by atoms with E-state index < -0.39 is 0 Å². The Labute approximate surface area is 166 Å². The van der Waals surface area contributed by atoms with E-state index >= 15 is 0 Å². The maximum absolute atomic E-state index is 13.5. The summed E-state index contributed by atoms with van der Waals surface area (Å²) in [5.74, 6) is 2.00.